The zero-order valence-electron chi connectivity index (χ0n) is 10.2. The summed E-state index contributed by atoms with van der Waals surface area (Å²) < 4.78 is 0. The minimum absolute atomic E-state index is 0.412. The van der Waals surface area contributed by atoms with Crippen LogP contribution in [0.3, 0.4) is 0 Å². The van der Waals surface area contributed by atoms with E-state index >= 15 is 0 Å². The third-order valence-corrected chi connectivity index (χ3v) is 3.86. The van der Waals surface area contributed by atoms with Crippen molar-refractivity contribution in [2.24, 2.45) is 5.41 Å². The first-order chi connectivity index (χ1) is 8.81. The smallest absolute Gasteiger partial charge is 0.145 e. The number of aromatic nitrogens is 2. The Kier molecular flexibility index (Phi) is 3.08. The Hall–Kier alpha value is -1.35. The first-order valence-corrected chi connectivity index (χ1v) is 6.86. The molecular weight excluding hydrogens is 246 g/mol. The van der Waals surface area contributed by atoms with Crippen molar-refractivity contribution in [3.05, 3.63) is 30.5 Å². The van der Waals surface area contributed by atoms with Crippen molar-refractivity contribution in [3.8, 4) is 0 Å². The average molecular weight is 262 g/mol. The van der Waals surface area contributed by atoms with Crippen LogP contribution in [0.1, 0.15) is 19.3 Å². The predicted molar refractivity (Wildman–Crippen MR) is 75.0 cm³/mol. The molecule has 3 rings (SSSR count). The van der Waals surface area contributed by atoms with E-state index in [9.17, 15) is 0 Å². The van der Waals surface area contributed by atoms with Gasteiger partial charge in [0.05, 0.1) is 17.2 Å². The lowest BCUT2D eigenvalue weighted by Crippen LogP contribution is -2.16. The second-order valence-corrected chi connectivity index (χ2v) is 5.41. The quantitative estimate of drug-likeness (QED) is 0.838. The molecule has 0 bridgehead atoms. The molecule has 0 aliphatic heterocycles. The van der Waals surface area contributed by atoms with Gasteiger partial charge in [-0.25, -0.2) is 4.98 Å². The number of hydrogen-bond donors (Lipinski definition) is 1. The molecule has 2 aromatic rings. The molecule has 18 heavy (non-hydrogen) atoms. The molecule has 1 aromatic heterocycles. The molecule has 94 valence electrons. The van der Waals surface area contributed by atoms with Crippen LogP contribution in [0, 0.1) is 5.41 Å². The highest BCUT2D eigenvalue weighted by molar-refractivity contribution is 6.17. The fourth-order valence-electron chi connectivity index (χ4n) is 2.21. The zero-order chi connectivity index (χ0) is 12.4. The van der Waals surface area contributed by atoms with Crippen molar-refractivity contribution in [3.63, 3.8) is 0 Å². The maximum Gasteiger partial charge on any atom is 0.145 e. The Bertz CT molecular complexity index is 551. The van der Waals surface area contributed by atoms with Gasteiger partial charge in [-0.05, 0) is 36.8 Å². The number of nitrogens with one attached hydrogen (secondary N) is 1. The summed E-state index contributed by atoms with van der Waals surface area (Å²) in [4.78, 5) is 8.96. The van der Waals surface area contributed by atoms with Crippen LogP contribution in [0.25, 0.3) is 11.0 Å². The van der Waals surface area contributed by atoms with Gasteiger partial charge in [-0.15, -0.1) is 11.6 Å². The van der Waals surface area contributed by atoms with Crippen molar-refractivity contribution in [1.29, 1.82) is 0 Å². The Balaban J connectivity index is 1.71. The molecule has 0 saturated heterocycles. The largest absolute Gasteiger partial charge is 0.368 e. The number of anilines is 1. The summed E-state index contributed by atoms with van der Waals surface area (Å²) in [5, 5.41) is 3.39. The number of alkyl halides is 1. The van der Waals surface area contributed by atoms with Gasteiger partial charge >= 0.3 is 0 Å². The van der Waals surface area contributed by atoms with Gasteiger partial charge in [-0.1, -0.05) is 12.1 Å². The molecule has 0 radical (unpaired) electrons. The topological polar surface area (TPSA) is 37.8 Å². The molecule has 1 fully saturated rings. The lowest BCUT2D eigenvalue weighted by atomic mass is 10.0. The predicted octanol–water partition coefficient (Wildman–Crippen LogP) is 3.45. The van der Waals surface area contributed by atoms with Crippen molar-refractivity contribution >= 4 is 28.5 Å². The Labute approximate surface area is 112 Å². The van der Waals surface area contributed by atoms with Crippen molar-refractivity contribution in [2.75, 3.05) is 17.7 Å². The van der Waals surface area contributed by atoms with Gasteiger partial charge in [0, 0.05) is 12.4 Å². The summed E-state index contributed by atoms with van der Waals surface area (Å²) >= 11 is 5.83. The molecule has 1 aromatic carbocycles. The highest BCUT2D eigenvalue weighted by Gasteiger charge is 2.41. The molecule has 0 amide bonds. The van der Waals surface area contributed by atoms with Crippen LogP contribution in [0.15, 0.2) is 30.5 Å². The number of benzene rings is 1. The molecule has 4 heteroatoms. The zero-order valence-corrected chi connectivity index (χ0v) is 11.0. The molecule has 1 aliphatic rings. The standard InChI is InChI=1S/C14H16ClN3/c15-8-7-14(5-6-14)10-17-13-9-16-11-3-1-2-4-12(11)18-13/h1-4,9H,5-8,10H2,(H,17,18). The monoisotopic (exact) mass is 261 g/mol. The van der Waals surface area contributed by atoms with E-state index in [4.69, 9.17) is 11.6 Å². The third kappa shape index (κ3) is 2.41. The molecule has 1 N–H and O–H groups in total. The lowest BCUT2D eigenvalue weighted by molar-refractivity contribution is 0.524. The van der Waals surface area contributed by atoms with Crippen LogP contribution < -0.4 is 5.32 Å². The van der Waals surface area contributed by atoms with Gasteiger partial charge in [0.25, 0.3) is 0 Å². The average Bonchev–Trinajstić information content (AvgIpc) is 3.17. The normalized spacial score (nSPS) is 16.7. The van der Waals surface area contributed by atoms with Crippen molar-refractivity contribution < 1.29 is 0 Å². The number of rotatable bonds is 5. The summed E-state index contributed by atoms with van der Waals surface area (Å²) in [6, 6.07) is 7.92. The van der Waals surface area contributed by atoms with Gasteiger partial charge in [0.15, 0.2) is 0 Å². The number of hydrogen-bond acceptors (Lipinski definition) is 3. The molecule has 1 heterocycles. The molecule has 1 aliphatic carbocycles. The van der Waals surface area contributed by atoms with Gasteiger partial charge in [0.2, 0.25) is 0 Å². The molecule has 1 saturated carbocycles. The third-order valence-electron chi connectivity index (χ3n) is 3.67. The molecule has 0 spiro atoms. The van der Waals surface area contributed by atoms with Crippen LogP contribution >= 0.6 is 11.6 Å². The van der Waals surface area contributed by atoms with E-state index < -0.39 is 0 Å². The highest BCUT2D eigenvalue weighted by Crippen LogP contribution is 2.48. The summed E-state index contributed by atoms with van der Waals surface area (Å²) in [5.41, 5.74) is 2.28. The maximum absolute atomic E-state index is 5.83. The highest BCUT2D eigenvalue weighted by atomic mass is 35.5. The van der Waals surface area contributed by atoms with E-state index in [0.29, 0.717) is 5.41 Å². The first kappa shape index (κ1) is 11.7. The minimum atomic E-state index is 0.412. The van der Waals surface area contributed by atoms with Crippen LogP contribution in [-0.2, 0) is 0 Å². The first-order valence-electron chi connectivity index (χ1n) is 6.33. The van der Waals surface area contributed by atoms with E-state index in [-0.39, 0.29) is 0 Å². The van der Waals surface area contributed by atoms with Gasteiger partial charge in [-0.3, -0.25) is 4.98 Å². The number of para-hydroxylation sites is 2. The summed E-state index contributed by atoms with van der Waals surface area (Å²) in [6.45, 7) is 0.951. The van der Waals surface area contributed by atoms with Gasteiger partial charge < -0.3 is 5.32 Å². The van der Waals surface area contributed by atoms with E-state index in [2.05, 4.69) is 15.3 Å². The fourth-order valence-corrected chi connectivity index (χ4v) is 2.61. The second-order valence-electron chi connectivity index (χ2n) is 5.04. The maximum atomic E-state index is 5.83. The van der Waals surface area contributed by atoms with E-state index in [1.807, 2.05) is 24.3 Å². The van der Waals surface area contributed by atoms with Gasteiger partial charge in [0.1, 0.15) is 5.82 Å². The Morgan fingerprint density at radius 2 is 2.00 bits per heavy atom. The van der Waals surface area contributed by atoms with Crippen LogP contribution in [0.5, 0.6) is 0 Å². The van der Waals surface area contributed by atoms with E-state index in [0.717, 1.165) is 35.7 Å². The van der Waals surface area contributed by atoms with Crippen molar-refractivity contribution in [1.82, 2.24) is 9.97 Å². The number of fused-ring (bicyclic) bond motifs is 1. The summed E-state index contributed by atoms with van der Waals surface area (Å²) in [5.74, 6) is 1.60. The summed E-state index contributed by atoms with van der Waals surface area (Å²) in [6.07, 6.45) is 5.43. The van der Waals surface area contributed by atoms with Crippen LogP contribution in [-0.4, -0.2) is 22.4 Å². The minimum Gasteiger partial charge on any atom is -0.368 e. The molecule has 0 unspecified atom stereocenters. The second kappa shape index (κ2) is 4.73. The van der Waals surface area contributed by atoms with Gasteiger partial charge in [-0.2, -0.15) is 0 Å². The SMILES string of the molecule is ClCCC1(CNc2cnc3ccccc3n2)CC1. The lowest BCUT2D eigenvalue weighted by Gasteiger charge is -2.14. The number of halogens is 1. The molecule has 3 nitrogen and oxygen atoms in total. The van der Waals surface area contributed by atoms with Crippen LogP contribution in [0.2, 0.25) is 0 Å². The van der Waals surface area contributed by atoms with E-state index in [1.165, 1.54) is 12.8 Å². The Morgan fingerprint density at radius 3 is 2.72 bits per heavy atom. The number of nitrogens with zero attached hydrogens (tertiary/aromatic N) is 2. The molecular formula is C14H16ClN3. The Morgan fingerprint density at radius 1 is 1.22 bits per heavy atom. The molecule has 0 atom stereocenters. The fraction of sp³-hybridized carbons (Fsp3) is 0.429. The van der Waals surface area contributed by atoms with Crippen LogP contribution in [0.4, 0.5) is 5.82 Å². The summed E-state index contributed by atoms with van der Waals surface area (Å²) in [7, 11) is 0. The van der Waals surface area contributed by atoms with Crippen molar-refractivity contribution in [2.45, 2.75) is 19.3 Å². The van der Waals surface area contributed by atoms with E-state index in [1.54, 1.807) is 6.20 Å².